The Morgan fingerprint density at radius 1 is 1.27 bits per heavy atom. The molecule has 2 rings (SSSR count). The second-order valence-electron chi connectivity index (χ2n) is 6.11. The highest BCUT2D eigenvalue weighted by atomic mass is 32.2. The van der Waals surface area contributed by atoms with Gasteiger partial charge in [0.05, 0.1) is 5.69 Å². The van der Waals surface area contributed by atoms with Gasteiger partial charge >= 0.3 is 0 Å². The van der Waals surface area contributed by atoms with Gasteiger partial charge < -0.3 is 4.52 Å². The molecule has 0 radical (unpaired) electrons. The van der Waals surface area contributed by atoms with E-state index in [1.807, 2.05) is 20.8 Å². The molecule has 0 atom stereocenters. The van der Waals surface area contributed by atoms with Crippen molar-refractivity contribution < 1.29 is 17.3 Å². The summed E-state index contributed by atoms with van der Waals surface area (Å²) in [7, 11) is -2.43. The molecule has 1 heterocycles. The molecule has 0 unspecified atom stereocenters. The van der Waals surface area contributed by atoms with E-state index in [-0.39, 0.29) is 16.9 Å². The molecule has 1 aromatic heterocycles. The minimum Gasteiger partial charge on any atom is -0.361 e. The zero-order valence-electron chi connectivity index (χ0n) is 13.0. The summed E-state index contributed by atoms with van der Waals surface area (Å²) in [6.07, 6.45) is 0. The molecule has 0 fully saturated rings. The lowest BCUT2D eigenvalue weighted by molar-refractivity contribution is 0.326. The number of aromatic nitrogens is 1. The first-order valence-electron chi connectivity index (χ1n) is 6.78. The maximum absolute atomic E-state index is 13.7. The van der Waals surface area contributed by atoms with E-state index in [4.69, 9.17) is 4.52 Å². The van der Waals surface area contributed by atoms with E-state index in [0.717, 1.165) is 4.31 Å². The van der Waals surface area contributed by atoms with Gasteiger partial charge in [0.2, 0.25) is 10.0 Å². The standard InChI is InChI=1S/C15H19FN2O3S/c1-15(2,3)14-9-11(17-21-14)10-22(19,20)18(4)13-8-6-5-7-12(13)16/h5-9H,10H2,1-4H3. The fourth-order valence-electron chi connectivity index (χ4n) is 1.87. The molecule has 0 saturated carbocycles. The van der Waals surface area contributed by atoms with Crippen molar-refractivity contribution in [3.05, 3.63) is 47.6 Å². The molecule has 1 aromatic carbocycles. The third-order valence-corrected chi connectivity index (χ3v) is 4.93. The van der Waals surface area contributed by atoms with Crippen LogP contribution < -0.4 is 4.31 Å². The van der Waals surface area contributed by atoms with Gasteiger partial charge in [0.15, 0.2) is 0 Å². The van der Waals surface area contributed by atoms with Gasteiger partial charge in [0.25, 0.3) is 0 Å². The molecule has 2 aromatic rings. The molecule has 5 nitrogen and oxygen atoms in total. The van der Waals surface area contributed by atoms with E-state index >= 15 is 0 Å². The molecule has 0 saturated heterocycles. The summed E-state index contributed by atoms with van der Waals surface area (Å²) in [5.74, 6) is -0.340. The minimum absolute atomic E-state index is 0.00189. The Morgan fingerprint density at radius 3 is 2.45 bits per heavy atom. The highest BCUT2D eigenvalue weighted by molar-refractivity contribution is 7.92. The van der Waals surface area contributed by atoms with Crippen molar-refractivity contribution in [2.75, 3.05) is 11.4 Å². The van der Waals surface area contributed by atoms with Crippen LogP contribution in [0.25, 0.3) is 0 Å². The zero-order chi connectivity index (χ0) is 16.5. The molecule has 0 N–H and O–H groups in total. The van der Waals surface area contributed by atoms with E-state index in [0.29, 0.717) is 11.5 Å². The average molecular weight is 326 g/mol. The highest BCUT2D eigenvalue weighted by Gasteiger charge is 2.25. The number of hydrogen-bond donors (Lipinski definition) is 0. The summed E-state index contributed by atoms with van der Waals surface area (Å²) >= 11 is 0. The van der Waals surface area contributed by atoms with Crippen LogP contribution in [0, 0.1) is 5.82 Å². The Balaban J connectivity index is 2.25. The van der Waals surface area contributed by atoms with Crippen LogP contribution in [-0.4, -0.2) is 20.6 Å². The topological polar surface area (TPSA) is 63.4 Å². The lowest BCUT2D eigenvalue weighted by atomic mass is 9.93. The van der Waals surface area contributed by atoms with Crippen LogP contribution in [0.3, 0.4) is 0 Å². The van der Waals surface area contributed by atoms with Crippen molar-refractivity contribution in [1.82, 2.24) is 5.16 Å². The Labute approximate surface area is 129 Å². The number of halogens is 1. The Hall–Kier alpha value is -1.89. The van der Waals surface area contributed by atoms with Crippen molar-refractivity contribution in [1.29, 1.82) is 0 Å². The van der Waals surface area contributed by atoms with Crippen LogP contribution in [0.4, 0.5) is 10.1 Å². The van der Waals surface area contributed by atoms with E-state index in [2.05, 4.69) is 5.16 Å². The molecule has 0 spiro atoms. The molecular formula is C15H19FN2O3S. The van der Waals surface area contributed by atoms with Crippen LogP contribution in [0.1, 0.15) is 32.2 Å². The second kappa shape index (κ2) is 5.72. The largest absolute Gasteiger partial charge is 0.361 e. The molecule has 0 aliphatic rings. The number of sulfonamides is 1. The van der Waals surface area contributed by atoms with Crippen LogP contribution in [-0.2, 0) is 21.2 Å². The van der Waals surface area contributed by atoms with E-state index < -0.39 is 15.8 Å². The number of para-hydroxylation sites is 1. The summed E-state index contributed by atoms with van der Waals surface area (Å²) in [6, 6.07) is 7.34. The van der Waals surface area contributed by atoms with E-state index in [1.54, 1.807) is 12.1 Å². The monoisotopic (exact) mass is 326 g/mol. The van der Waals surface area contributed by atoms with Gasteiger partial charge in [-0.05, 0) is 12.1 Å². The summed E-state index contributed by atoms with van der Waals surface area (Å²) in [6.45, 7) is 5.83. The molecule has 120 valence electrons. The quantitative estimate of drug-likeness (QED) is 0.866. The normalized spacial score (nSPS) is 12.4. The maximum Gasteiger partial charge on any atom is 0.240 e. The fourth-order valence-corrected chi connectivity index (χ4v) is 3.03. The van der Waals surface area contributed by atoms with E-state index in [1.165, 1.54) is 25.2 Å². The van der Waals surface area contributed by atoms with Gasteiger partial charge in [-0.1, -0.05) is 38.1 Å². The Kier molecular flexibility index (Phi) is 4.28. The second-order valence-corrected chi connectivity index (χ2v) is 8.11. The Morgan fingerprint density at radius 2 is 1.91 bits per heavy atom. The van der Waals surface area contributed by atoms with Gasteiger partial charge in [-0.25, -0.2) is 12.8 Å². The first-order valence-corrected chi connectivity index (χ1v) is 8.39. The molecule has 0 amide bonds. The maximum atomic E-state index is 13.7. The zero-order valence-corrected chi connectivity index (χ0v) is 13.8. The highest BCUT2D eigenvalue weighted by Crippen LogP contribution is 2.25. The summed E-state index contributed by atoms with van der Waals surface area (Å²) in [4.78, 5) is 0. The first kappa shape index (κ1) is 16.5. The number of anilines is 1. The smallest absolute Gasteiger partial charge is 0.240 e. The van der Waals surface area contributed by atoms with Gasteiger partial charge in [-0.2, -0.15) is 0 Å². The third kappa shape index (κ3) is 3.47. The van der Waals surface area contributed by atoms with Crippen molar-refractivity contribution in [2.24, 2.45) is 0 Å². The lowest BCUT2D eigenvalue weighted by Crippen LogP contribution is -2.28. The summed E-state index contributed by atoms with van der Waals surface area (Å²) in [5.41, 5.74) is 0.0436. The van der Waals surface area contributed by atoms with Crippen LogP contribution in [0.2, 0.25) is 0 Å². The fraction of sp³-hybridized carbons (Fsp3) is 0.400. The van der Waals surface area contributed by atoms with Gasteiger partial charge in [0.1, 0.15) is 23.0 Å². The first-order chi connectivity index (χ1) is 10.1. The summed E-state index contributed by atoms with van der Waals surface area (Å²) < 4.78 is 44.6. The molecule has 0 bridgehead atoms. The van der Waals surface area contributed by atoms with Crippen molar-refractivity contribution >= 4 is 15.7 Å². The molecular weight excluding hydrogens is 307 g/mol. The van der Waals surface area contributed by atoms with Crippen LogP contribution in [0.15, 0.2) is 34.9 Å². The molecule has 0 aliphatic heterocycles. The van der Waals surface area contributed by atoms with E-state index in [9.17, 15) is 12.8 Å². The third-order valence-electron chi connectivity index (χ3n) is 3.24. The number of benzene rings is 1. The number of nitrogens with zero attached hydrogens (tertiary/aromatic N) is 2. The number of hydrogen-bond acceptors (Lipinski definition) is 4. The number of rotatable bonds is 4. The van der Waals surface area contributed by atoms with Crippen molar-refractivity contribution in [3.8, 4) is 0 Å². The molecule has 22 heavy (non-hydrogen) atoms. The van der Waals surface area contributed by atoms with Gasteiger partial charge in [-0.15, -0.1) is 0 Å². The SMILES string of the molecule is CN(c1ccccc1F)S(=O)(=O)Cc1cc(C(C)(C)C)on1. The predicted octanol–water partition coefficient (Wildman–Crippen LogP) is 3.08. The summed E-state index contributed by atoms with van der Waals surface area (Å²) in [5, 5.41) is 3.79. The molecule has 7 heteroatoms. The molecule has 0 aliphatic carbocycles. The predicted molar refractivity (Wildman–Crippen MR) is 82.6 cm³/mol. The van der Waals surface area contributed by atoms with Gasteiger partial charge in [0, 0.05) is 18.5 Å². The average Bonchev–Trinajstić information content (AvgIpc) is 2.86. The van der Waals surface area contributed by atoms with Crippen LogP contribution in [0.5, 0.6) is 0 Å². The van der Waals surface area contributed by atoms with Crippen molar-refractivity contribution in [3.63, 3.8) is 0 Å². The Bertz CT molecular complexity index is 763. The van der Waals surface area contributed by atoms with Crippen LogP contribution >= 0.6 is 0 Å². The minimum atomic E-state index is -3.75. The van der Waals surface area contributed by atoms with Crippen molar-refractivity contribution in [2.45, 2.75) is 31.9 Å². The van der Waals surface area contributed by atoms with Gasteiger partial charge in [-0.3, -0.25) is 4.31 Å². The lowest BCUT2D eigenvalue weighted by Gasteiger charge is -2.19.